The monoisotopic (exact) mass is 811 g/mol. The Hall–Kier alpha value is -5.03. The Morgan fingerprint density at radius 2 is 1.84 bits per heavy atom. The van der Waals surface area contributed by atoms with Crippen LogP contribution in [-0.4, -0.2) is 66.0 Å². The molecule has 0 bridgehead atoms. The fraction of sp³-hybridized carbons (Fsp3) is 0.314. The normalized spacial score (nSPS) is 14.7. The van der Waals surface area contributed by atoms with Gasteiger partial charge in [-0.3, -0.25) is 9.40 Å². The van der Waals surface area contributed by atoms with Crippen LogP contribution < -0.4 is 10.0 Å². The van der Waals surface area contributed by atoms with E-state index in [-0.39, 0.29) is 57.9 Å². The molecule has 0 spiro atoms. The molecule has 55 heavy (non-hydrogen) atoms. The number of benzene rings is 2. The Balaban J connectivity index is 1.57. The maximum absolute atomic E-state index is 15.1. The molecule has 11 nitrogen and oxygen atoms in total. The number of anilines is 1. The molecule has 0 saturated carbocycles. The van der Waals surface area contributed by atoms with Gasteiger partial charge in [-0.05, 0) is 54.7 Å². The van der Waals surface area contributed by atoms with Gasteiger partial charge in [-0.2, -0.15) is 36.8 Å². The minimum absolute atomic E-state index is 0.00342. The number of halogens is 8. The summed E-state index contributed by atoms with van der Waals surface area (Å²) in [5.41, 5.74) is -2.80. The molecule has 5 aromatic rings. The van der Waals surface area contributed by atoms with E-state index in [0.29, 0.717) is 22.5 Å². The highest BCUT2D eigenvalue weighted by molar-refractivity contribution is 7.85. The number of hydrogen-bond acceptors (Lipinski definition) is 7. The zero-order valence-electron chi connectivity index (χ0n) is 28.7. The molecule has 0 aliphatic heterocycles. The van der Waals surface area contributed by atoms with Crippen LogP contribution in [0.2, 0.25) is 5.02 Å². The number of nitrogens with zero attached hydrogens (tertiary/aromatic N) is 5. The van der Waals surface area contributed by atoms with Gasteiger partial charge in [0.1, 0.15) is 40.6 Å². The molecule has 290 valence electrons. The van der Waals surface area contributed by atoms with E-state index in [0.717, 1.165) is 12.1 Å². The number of aliphatic hydroxyl groups excluding tert-OH is 1. The number of nitrogens with one attached hydrogen (secondary N) is 2. The molecule has 0 radical (unpaired) electrons. The van der Waals surface area contributed by atoms with E-state index < -0.39 is 83.0 Å². The van der Waals surface area contributed by atoms with E-state index in [1.54, 1.807) is 13.1 Å². The molecule has 3 heterocycles. The number of aliphatic hydroxyl groups is 1. The van der Waals surface area contributed by atoms with Crippen molar-refractivity contribution in [3.8, 4) is 23.0 Å². The second-order valence-corrected chi connectivity index (χ2v) is 13.8. The lowest BCUT2D eigenvalue weighted by Gasteiger charge is -2.23. The Bertz CT molecular complexity index is 2370. The number of hydrogen-bond donors (Lipinski definition) is 3. The van der Waals surface area contributed by atoms with Gasteiger partial charge >= 0.3 is 12.2 Å². The number of ether oxygens (including phenoxy) is 1. The third kappa shape index (κ3) is 8.32. The van der Waals surface area contributed by atoms with E-state index in [1.807, 2.05) is 0 Å². The summed E-state index contributed by atoms with van der Waals surface area (Å²) < 4.78 is 123. The molecule has 1 aliphatic rings. The second kappa shape index (κ2) is 15.6. The van der Waals surface area contributed by atoms with Crippen LogP contribution >= 0.6 is 11.6 Å². The van der Waals surface area contributed by atoms with Gasteiger partial charge in [0.15, 0.2) is 11.5 Å². The van der Waals surface area contributed by atoms with Crippen LogP contribution in [-0.2, 0) is 47.7 Å². The molecule has 2 aromatic carbocycles. The number of carbonyl (C=O) groups is 1. The average molecular weight is 812 g/mol. The van der Waals surface area contributed by atoms with E-state index in [4.69, 9.17) is 21.4 Å². The maximum Gasteiger partial charge on any atom is 0.435 e. The summed E-state index contributed by atoms with van der Waals surface area (Å²) in [6.45, 7) is -0.383. The van der Waals surface area contributed by atoms with E-state index in [9.17, 15) is 31.0 Å². The average Bonchev–Trinajstić information content (AvgIpc) is 3.75. The Morgan fingerprint density at radius 3 is 2.51 bits per heavy atom. The third-order valence-electron chi connectivity index (χ3n) is 8.49. The number of amides is 1. The number of carbonyl (C=O) groups excluding carboxylic acids is 1. The molecule has 3 aromatic heterocycles. The standard InChI is InChI=1S/C35H29ClF7N7O4S/c1-49-29-23(7-8-25(36)27(29)32(47-49)48-55(2)53)22-6-5-21(4-3-12-54-13-11-51)44-28(22)26(16-18-14-19(37)17-20(38)15-18)45-33(52)50-31-24(9-10-34(31,39)40)30(46-50)35(41,42)43/h5-8,14-15,17,26,51H,9-13,16H2,1-2H3,(H,45,52)(H,47,48). The SMILES string of the molecule is Cn1nc(NS(C)=O)c2c(Cl)ccc(-c3ccc(C#CCOCCO)nc3C(Cc3cc(F)cc(F)c3)NC(=O)n3nc(C(F)(F)F)c4c3C(F)(F)CC4)c21. The maximum atomic E-state index is 15.1. The minimum atomic E-state index is -5.17. The summed E-state index contributed by atoms with van der Waals surface area (Å²) in [6.07, 6.45) is -5.94. The highest BCUT2D eigenvalue weighted by Crippen LogP contribution is 2.46. The van der Waals surface area contributed by atoms with Gasteiger partial charge < -0.3 is 15.2 Å². The van der Waals surface area contributed by atoms with Crippen LogP contribution in [0.15, 0.2) is 42.5 Å². The molecule has 1 aliphatic carbocycles. The van der Waals surface area contributed by atoms with Crippen LogP contribution in [0.5, 0.6) is 0 Å². The van der Waals surface area contributed by atoms with Crippen molar-refractivity contribution in [2.75, 3.05) is 30.8 Å². The van der Waals surface area contributed by atoms with Crippen LogP contribution in [0.4, 0.5) is 41.3 Å². The van der Waals surface area contributed by atoms with Crippen molar-refractivity contribution in [3.63, 3.8) is 0 Å². The number of pyridine rings is 1. The van der Waals surface area contributed by atoms with Gasteiger partial charge in [-0.25, -0.2) is 22.8 Å². The summed E-state index contributed by atoms with van der Waals surface area (Å²) >= 11 is 6.58. The Labute approximate surface area is 315 Å². The fourth-order valence-electron chi connectivity index (χ4n) is 6.38. The van der Waals surface area contributed by atoms with Gasteiger partial charge in [0.2, 0.25) is 0 Å². The van der Waals surface area contributed by atoms with Crippen molar-refractivity contribution in [1.82, 2.24) is 29.9 Å². The zero-order valence-corrected chi connectivity index (χ0v) is 30.3. The second-order valence-electron chi connectivity index (χ2n) is 12.3. The highest BCUT2D eigenvalue weighted by Gasteiger charge is 2.51. The molecular formula is C35H29ClF7N7O4S. The van der Waals surface area contributed by atoms with Gasteiger partial charge in [0, 0.05) is 42.5 Å². The lowest BCUT2D eigenvalue weighted by atomic mass is 9.94. The lowest BCUT2D eigenvalue weighted by molar-refractivity contribution is -0.142. The van der Waals surface area contributed by atoms with Crippen LogP contribution in [0.25, 0.3) is 22.0 Å². The third-order valence-corrected chi connectivity index (χ3v) is 9.28. The lowest BCUT2D eigenvalue weighted by Crippen LogP contribution is -2.37. The highest BCUT2D eigenvalue weighted by atomic mass is 35.5. The predicted octanol–water partition coefficient (Wildman–Crippen LogP) is 6.43. The largest absolute Gasteiger partial charge is 0.435 e. The molecule has 3 N–H and O–H groups in total. The zero-order chi connectivity index (χ0) is 39.8. The van der Waals surface area contributed by atoms with Crippen molar-refractivity contribution in [2.45, 2.75) is 37.4 Å². The molecule has 0 fully saturated rings. The Kier molecular flexibility index (Phi) is 11.3. The van der Waals surface area contributed by atoms with Crippen molar-refractivity contribution in [3.05, 3.63) is 93.0 Å². The van der Waals surface area contributed by atoms with Crippen molar-refractivity contribution in [1.29, 1.82) is 0 Å². The van der Waals surface area contributed by atoms with E-state index in [2.05, 4.69) is 37.1 Å². The summed E-state index contributed by atoms with van der Waals surface area (Å²) in [7, 11) is -0.0113. The summed E-state index contributed by atoms with van der Waals surface area (Å²) in [4.78, 5) is 18.6. The smallest absolute Gasteiger partial charge is 0.394 e. The number of aryl methyl sites for hydroxylation is 1. The van der Waals surface area contributed by atoms with Crippen LogP contribution in [0.3, 0.4) is 0 Å². The number of fused-ring (bicyclic) bond motifs is 2. The number of rotatable bonds is 10. The predicted molar refractivity (Wildman–Crippen MR) is 188 cm³/mol. The summed E-state index contributed by atoms with van der Waals surface area (Å²) in [5, 5.41) is 19.7. The molecular weight excluding hydrogens is 783 g/mol. The molecule has 0 saturated heterocycles. The topological polar surface area (TPSA) is 136 Å². The first kappa shape index (κ1) is 39.7. The first-order valence-electron chi connectivity index (χ1n) is 16.3. The molecule has 20 heteroatoms. The van der Waals surface area contributed by atoms with Crippen molar-refractivity contribution < 1.29 is 49.6 Å². The van der Waals surface area contributed by atoms with E-state index >= 15 is 8.78 Å². The van der Waals surface area contributed by atoms with Gasteiger partial charge in [-0.1, -0.05) is 23.6 Å². The van der Waals surface area contributed by atoms with Crippen LogP contribution in [0.1, 0.15) is 46.4 Å². The summed E-state index contributed by atoms with van der Waals surface area (Å²) in [6, 6.07) is 5.61. The first-order valence-corrected chi connectivity index (χ1v) is 18.2. The molecule has 2 atom stereocenters. The minimum Gasteiger partial charge on any atom is -0.394 e. The molecule has 1 amide bonds. The van der Waals surface area contributed by atoms with Crippen LogP contribution in [0, 0.1) is 23.5 Å². The quantitative estimate of drug-likeness (QED) is 0.0841. The summed E-state index contributed by atoms with van der Waals surface area (Å²) in [5.74, 6) is -0.190. The molecule has 6 rings (SSSR count). The fourth-order valence-corrected chi connectivity index (χ4v) is 7.04. The van der Waals surface area contributed by atoms with Gasteiger partial charge in [-0.15, -0.1) is 0 Å². The van der Waals surface area contributed by atoms with Crippen molar-refractivity contribution in [2.24, 2.45) is 7.05 Å². The Morgan fingerprint density at radius 1 is 1.13 bits per heavy atom. The van der Waals surface area contributed by atoms with Gasteiger partial charge in [0.25, 0.3) is 5.92 Å². The molecule has 2 unspecified atom stereocenters. The van der Waals surface area contributed by atoms with Crippen molar-refractivity contribution >= 4 is 45.3 Å². The number of aromatic nitrogens is 5. The first-order chi connectivity index (χ1) is 26.0. The number of alkyl halides is 5. The van der Waals surface area contributed by atoms with E-state index in [1.165, 1.54) is 29.1 Å². The van der Waals surface area contributed by atoms with Gasteiger partial charge in [0.05, 0.1) is 40.9 Å².